The number of benzene rings is 1. The number of hydrogen-bond acceptors (Lipinski definition) is 5. The Morgan fingerprint density at radius 1 is 1.35 bits per heavy atom. The van der Waals surface area contributed by atoms with E-state index in [-0.39, 0.29) is 6.61 Å². The van der Waals surface area contributed by atoms with Crippen LogP contribution in [-0.4, -0.2) is 26.2 Å². The summed E-state index contributed by atoms with van der Waals surface area (Å²) in [4.78, 5) is 11.6. The summed E-state index contributed by atoms with van der Waals surface area (Å²) in [6, 6.07) is 9.55. The zero-order valence-corrected chi connectivity index (χ0v) is 11.3. The standard InChI is InChI=1S/C14H16N4O2/c1-2-10-18-13(15-16-17-18)11-20-14(19)9-8-12-6-4-3-5-7-12/h3-9H,2,10-11H2,1H3/b9-8+. The van der Waals surface area contributed by atoms with E-state index in [1.54, 1.807) is 10.8 Å². The van der Waals surface area contributed by atoms with Gasteiger partial charge in [-0.15, -0.1) is 5.10 Å². The molecule has 0 atom stereocenters. The summed E-state index contributed by atoms with van der Waals surface area (Å²) in [7, 11) is 0. The second-order valence-electron chi connectivity index (χ2n) is 4.17. The van der Waals surface area contributed by atoms with Gasteiger partial charge in [-0.1, -0.05) is 37.3 Å². The number of hydrogen-bond donors (Lipinski definition) is 0. The fourth-order valence-electron chi connectivity index (χ4n) is 1.62. The van der Waals surface area contributed by atoms with E-state index in [0.717, 1.165) is 12.0 Å². The van der Waals surface area contributed by atoms with Crippen molar-refractivity contribution in [3.05, 3.63) is 47.8 Å². The summed E-state index contributed by atoms with van der Waals surface area (Å²) in [5.74, 6) is 0.133. The molecule has 1 heterocycles. The summed E-state index contributed by atoms with van der Waals surface area (Å²) in [6.45, 7) is 2.81. The number of aromatic nitrogens is 4. The average Bonchev–Trinajstić information content (AvgIpc) is 2.92. The molecular weight excluding hydrogens is 256 g/mol. The van der Waals surface area contributed by atoms with Crippen LogP contribution in [0.15, 0.2) is 36.4 Å². The van der Waals surface area contributed by atoms with E-state index in [1.165, 1.54) is 6.08 Å². The SMILES string of the molecule is CCCn1nnnc1COC(=O)/C=C/c1ccccc1. The van der Waals surface area contributed by atoms with Crippen molar-refractivity contribution >= 4 is 12.0 Å². The van der Waals surface area contributed by atoms with Crippen LogP contribution >= 0.6 is 0 Å². The van der Waals surface area contributed by atoms with Crippen LogP contribution in [0.3, 0.4) is 0 Å². The highest BCUT2D eigenvalue weighted by atomic mass is 16.5. The van der Waals surface area contributed by atoms with Crippen LogP contribution in [0.1, 0.15) is 24.7 Å². The number of nitrogens with zero attached hydrogens (tertiary/aromatic N) is 4. The number of aryl methyl sites for hydroxylation is 1. The lowest BCUT2D eigenvalue weighted by Gasteiger charge is -2.02. The molecule has 0 fully saturated rings. The van der Waals surface area contributed by atoms with Crippen molar-refractivity contribution in [1.29, 1.82) is 0 Å². The first-order valence-corrected chi connectivity index (χ1v) is 6.44. The Morgan fingerprint density at radius 3 is 2.90 bits per heavy atom. The van der Waals surface area contributed by atoms with E-state index in [1.807, 2.05) is 37.3 Å². The highest BCUT2D eigenvalue weighted by Crippen LogP contribution is 2.02. The Hall–Kier alpha value is -2.50. The van der Waals surface area contributed by atoms with E-state index in [9.17, 15) is 4.79 Å². The number of esters is 1. The molecule has 0 aliphatic carbocycles. The zero-order valence-electron chi connectivity index (χ0n) is 11.3. The molecule has 0 spiro atoms. The molecule has 1 aromatic heterocycles. The first-order valence-electron chi connectivity index (χ1n) is 6.44. The highest BCUT2D eigenvalue weighted by molar-refractivity contribution is 5.86. The van der Waals surface area contributed by atoms with Crippen molar-refractivity contribution in [2.45, 2.75) is 26.5 Å². The molecule has 1 aromatic carbocycles. The topological polar surface area (TPSA) is 69.9 Å². The predicted octanol–water partition coefficient (Wildman–Crippen LogP) is 1.84. The number of ether oxygens (including phenoxy) is 1. The van der Waals surface area contributed by atoms with Gasteiger partial charge in [-0.2, -0.15) is 0 Å². The van der Waals surface area contributed by atoms with Crippen LogP contribution in [0.5, 0.6) is 0 Å². The molecule has 0 saturated carbocycles. The summed E-state index contributed by atoms with van der Waals surface area (Å²) >= 11 is 0. The van der Waals surface area contributed by atoms with E-state index in [2.05, 4.69) is 15.5 Å². The van der Waals surface area contributed by atoms with Crippen LogP contribution in [-0.2, 0) is 22.7 Å². The molecule has 0 unspecified atom stereocenters. The molecule has 6 heteroatoms. The van der Waals surface area contributed by atoms with E-state index in [0.29, 0.717) is 12.4 Å². The van der Waals surface area contributed by atoms with Crippen molar-refractivity contribution < 1.29 is 9.53 Å². The molecule has 20 heavy (non-hydrogen) atoms. The number of carbonyl (C=O) groups is 1. The smallest absolute Gasteiger partial charge is 0.331 e. The van der Waals surface area contributed by atoms with Crippen molar-refractivity contribution in [1.82, 2.24) is 20.2 Å². The molecule has 6 nitrogen and oxygen atoms in total. The van der Waals surface area contributed by atoms with E-state index < -0.39 is 5.97 Å². The molecule has 2 rings (SSSR count). The lowest BCUT2D eigenvalue weighted by atomic mass is 10.2. The molecule has 2 aromatic rings. The van der Waals surface area contributed by atoms with Crippen molar-refractivity contribution in [3.8, 4) is 0 Å². The van der Waals surface area contributed by atoms with Crippen LogP contribution in [0, 0.1) is 0 Å². The first kappa shape index (κ1) is 13.9. The van der Waals surface area contributed by atoms with Gasteiger partial charge in [0.2, 0.25) is 0 Å². The third-order valence-corrected chi connectivity index (χ3v) is 2.60. The van der Waals surface area contributed by atoms with Gasteiger partial charge in [0.1, 0.15) is 0 Å². The second kappa shape index (κ2) is 7.18. The van der Waals surface area contributed by atoms with Gasteiger partial charge in [-0.05, 0) is 28.5 Å². The number of carbonyl (C=O) groups excluding carboxylic acids is 1. The van der Waals surface area contributed by atoms with Crippen LogP contribution in [0.2, 0.25) is 0 Å². The predicted molar refractivity (Wildman–Crippen MR) is 73.4 cm³/mol. The van der Waals surface area contributed by atoms with Gasteiger partial charge in [0.25, 0.3) is 0 Å². The number of tetrazole rings is 1. The molecule has 0 saturated heterocycles. The van der Waals surface area contributed by atoms with Gasteiger partial charge in [-0.25, -0.2) is 9.48 Å². The van der Waals surface area contributed by atoms with E-state index in [4.69, 9.17) is 4.74 Å². The van der Waals surface area contributed by atoms with Gasteiger partial charge in [-0.3, -0.25) is 0 Å². The maximum Gasteiger partial charge on any atom is 0.331 e. The Balaban J connectivity index is 1.86. The van der Waals surface area contributed by atoms with Crippen LogP contribution in [0.4, 0.5) is 0 Å². The summed E-state index contributed by atoms with van der Waals surface area (Å²) in [5, 5.41) is 11.2. The first-order chi connectivity index (χ1) is 9.79. The van der Waals surface area contributed by atoms with Crippen LogP contribution in [0.25, 0.3) is 6.08 Å². The lowest BCUT2D eigenvalue weighted by molar-refractivity contribution is -0.139. The van der Waals surface area contributed by atoms with Crippen LogP contribution < -0.4 is 0 Å². The molecular formula is C14H16N4O2. The highest BCUT2D eigenvalue weighted by Gasteiger charge is 2.07. The Morgan fingerprint density at radius 2 is 2.15 bits per heavy atom. The Labute approximate surface area is 117 Å². The van der Waals surface area contributed by atoms with Crippen molar-refractivity contribution in [3.63, 3.8) is 0 Å². The monoisotopic (exact) mass is 272 g/mol. The fraction of sp³-hybridized carbons (Fsp3) is 0.286. The molecule has 0 aliphatic rings. The number of rotatable bonds is 6. The van der Waals surface area contributed by atoms with Crippen molar-refractivity contribution in [2.24, 2.45) is 0 Å². The summed E-state index contributed by atoms with van der Waals surface area (Å²) < 4.78 is 6.74. The Kier molecular flexibility index (Phi) is 5.00. The van der Waals surface area contributed by atoms with Crippen molar-refractivity contribution in [2.75, 3.05) is 0 Å². The maximum atomic E-state index is 11.6. The lowest BCUT2D eigenvalue weighted by Crippen LogP contribution is -2.09. The van der Waals surface area contributed by atoms with E-state index >= 15 is 0 Å². The third kappa shape index (κ3) is 4.01. The van der Waals surface area contributed by atoms with Gasteiger partial charge in [0.05, 0.1) is 0 Å². The average molecular weight is 272 g/mol. The van der Waals surface area contributed by atoms with Gasteiger partial charge in [0, 0.05) is 12.6 Å². The molecule has 0 amide bonds. The normalized spacial score (nSPS) is 10.8. The molecule has 0 bridgehead atoms. The summed E-state index contributed by atoms with van der Waals surface area (Å²) in [5.41, 5.74) is 0.945. The quantitative estimate of drug-likeness (QED) is 0.592. The molecule has 0 N–H and O–H groups in total. The van der Waals surface area contributed by atoms with Gasteiger partial charge >= 0.3 is 5.97 Å². The molecule has 104 valence electrons. The molecule has 0 aliphatic heterocycles. The minimum absolute atomic E-state index is 0.0744. The van der Waals surface area contributed by atoms with Gasteiger partial charge in [0.15, 0.2) is 12.4 Å². The molecule has 0 radical (unpaired) electrons. The zero-order chi connectivity index (χ0) is 14.2. The fourth-order valence-corrected chi connectivity index (χ4v) is 1.62. The Bertz CT molecular complexity index is 578. The minimum Gasteiger partial charge on any atom is -0.454 e. The maximum absolute atomic E-state index is 11.6. The second-order valence-corrected chi connectivity index (χ2v) is 4.17. The minimum atomic E-state index is -0.417. The largest absolute Gasteiger partial charge is 0.454 e. The summed E-state index contributed by atoms with van der Waals surface area (Å²) in [6.07, 6.45) is 4.01. The third-order valence-electron chi connectivity index (χ3n) is 2.60. The van der Waals surface area contributed by atoms with Gasteiger partial charge < -0.3 is 4.74 Å².